The largest absolute Gasteiger partial charge is 0.478 e. The number of aryl methyl sites for hydroxylation is 1. The van der Waals surface area contributed by atoms with Gasteiger partial charge < -0.3 is 14.9 Å². The molecular formula is C16H22N2O3. The number of nitrogens with zero attached hydrogens (tertiary/aromatic N) is 2. The van der Waals surface area contributed by atoms with Gasteiger partial charge in [0.1, 0.15) is 0 Å². The molecule has 0 aliphatic rings. The van der Waals surface area contributed by atoms with E-state index in [1.54, 1.807) is 30.1 Å². The summed E-state index contributed by atoms with van der Waals surface area (Å²) in [5, 5.41) is 8.63. The van der Waals surface area contributed by atoms with Gasteiger partial charge in [0.2, 0.25) is 0 Å². The summed E-state index contributed by atoms with van der Waals surface area (Å²) in [6, 6.07) is 5.28. The van der Waals surface area contributed by atoms with Crippen LogP contribution in [0.15, 0.2) is 24.3 Å². The molecule has 1 aromatic carbocycles. The second-order valence-corrected chi connectivity index (χ2v) is 5.27. The molecule has 0 atom stereocenters. The highest BCUT2D eigenvalue weighted by atomic mass is 16.4. The molecule has 0 radical (unpaired) electrons. The average Bonchev–Trinajstić information content (AvgIpc) is 2.42. The SMILES string of the molecule is Cc1cc(C(=O)N(C)CCN(C)C)ccc1/C=C/C(=O)O. The molecule has 5 nitrogen and oxygen atoms in total. The van der Waals surface area contributed by atoms with Crippen molar-refractivity contribution in [1.82, 2.24) is 9.80 Å². The number of carbonyl (C=O) groups is 2. The van der Waals surface area contributed by atoms with Gasteiger partial charge >= 0.3 is 5.97 Å². The minimum absolute atomic E-state index is 0.0336. The van der Waals surface area contributed by atoms with Crippen molar-refractivity contribution in [1.29, 1.82) is 0 Å². The molecule has 1 rings (SSSR count). The van der Waals surface area contributed by atoms with E-state index < -0.39 is 5.97 Å². The van der Waals surface area contributed by atoms with Crippen LogP contribution >= 0.6 is 0 Å². The first kappa shape index (κ1) is 16.9. The lowest BCUT2D eigenvalue weighted by molar-refractivity contribution is -0.131. The van der Waals surface area contributed by atoms with E-state index in [0.717, 1.165) is 23.7 Å². The van der Waals surface area contributed by atoms with Gasteiger partial charge in [0.05, 0.1) is 0 Å². The number of carbonyl (C=O) groups excluding carboxylic acids is 1. The van der Waals surface area contributed by atoms with Crippen molar-refractivity contribution in [2.24, 2.45) is 0 Å². The summed E-state index contributed by atoms with van der Waals surface area (Å²) >= 11 is 0. The van der Waals surface area contributed by atoms with E-state index in [9.17, 15) is 9.59 Å². The molecule has 0 fully saturated rings. The lowest BCUT2D eigenvalue weighted by atomic mass is 10.0. The molecule has 1 aromatic rings. The standard InChI is InChI=1S/C16H22N2O3/c1-12-11-14(6-5-13(12)7-8-15(19)20)16(21)18(4)10-9-17(2)3/h5-8,11H,9-10H2,1-4H3,(H,19,20)/b8-7+. The maximum Gasteiger partial charge on any atom is 0.328 e. The van der Waals surface area contributed by atoms with Crippen LogP contribution in [0.4, 0.5) is 0 Å². The molecular weight excluding hydrogens is 268 g/mol. The third-order valence-corrected chi connectivity index (χ3v) is 3.15. The third-order valence-electron chi connectivity index (χ3n) is 3.15. The maximum absolute atomic E-state index is 12.3. The Bertz CT molecular complexity index is 550. The molecule has 0 bridgehead atoms. The molecule has 0 unspecified atom stereocenters. The number of rotatable bonds is 6. The number of benzene rings is 1. The Labute approximate surface area is 125 Å². The monoisotopic (exact) mass is 290 g/mol. The molecule has 5 heteroatoms. The van der Waals surface area contributed by atoms with E-state index in [-0.39, 0.29) is 5.91 Å². The first-order chi connectivity index (χ1) is 9.81. The van der Waals surface area contributed by atoms with Crippen molar-refractivity contribution < 1.29 is 14.7 Å². The summed E-state index contributed by atoms with van der Waals surface area (Å²) in [5.41, 5.74) is 2.28. The Morgan fingerprint density at radius 2 is 1.86 bits per heavy atom. The molecule has 0 heterocycles. The Balaban J connectivity index is 2.83. The number of carboxylic acids is 1. The van der Waals surface area contributed by atoms with Gasteiger partial charge in [-0.05, 0) is 50.4 Å². The van der Waals surface area contributed by atoms with Crippen LogP contribution < -0.4 is 0 Å². The topological polar surface area (TPSA) is 60.9 Å². The van der Waals surface area contributed by atoms with Gasteiger partial charge in [-0.1, -0.05) is 6.07 Å². The van der Waals surface area contributed by atoms with Crippen molar-refractivity contribution >= 4 is 18.0 Å². The van der Waals surface area contributed by atoms with Crippen molar-refractivity contribution in [2.75, 3.05) is 34.2 Å². The number of carboxylic acid groups (broad SMARTS) is 1. The van der Waals surface area contributed by atoms with Crippen LogP contribution in [0.25, 0.3) is 6.08 Å². The third kappa shape index (κ3) is 5.39. The Hall–Kier alpha value is -2.14. The van der Waals surface area contributed by atoms with Gasteiger partial charge in [0.25, 0.3) is 5.91 Å². The summed E-state index contributed by atoms with van der Waals surface area (Å²) in [4.78, 5) is 26.5. The van der Waals surface area contributed by atoms with E-state index >= 15 is 0 Å². The van der Waals surface area contributed by atoms with Crippen LogP contribution in [0.2, 0.25) is 0 Å². The number of hydrogen-bond donors (Lipinski definition) is 1. The van der Waals surface area contributed by atoms with Crippen LogP contribution in [-0.2, 0) is 4.79 Å². The second-order valence-electron chi connectivity index (χ2n) is 5.27. The van der Waals surface area contributed by atoms with Gasteiger partial charge in [-0.15, -0.1) is 0 Å². The number of amides is 1. The predicted molar refractivity (Wildman–Crippen MR) is 83.4 cm³/mol. The van der Waals surface area contributed by atoms with Gasteiger partial charge in [-0.2, -0.15) is 0 Å². The van der Waals surface area contributed by atoms with Crippen molar-refractivity contribution in [3.8, 4) is 0 Å². The Kier molecular flexibility index (Phi) is 6.11. The number of hydrogen-bond acceptors (Lipinski definition) is 3. The lowest BCUT2D eigenvalue weighted by Crippen LogP contribution is -2.33. The molecule has 0 spiro atoms. The van der Waals surface area contributed by atoms with E-state index in [2.05, 4.69) is 0 Å². The fraction of sp³-hybridized carbons (Fsp3) is 0.375. The first-order valence-electron chi connectivity index (χ1n) is 6.73. The zero-order chi connectivity index (χ0) is 16.0. The Morgan fingerprint density at radius 3 is 2.38 bits per heavy atom. The predicted octanol–water partition coefficient (Wildman–Crippen LogP) is 1.73. The van der Waals surface area contributed by atoms with E-state index in [1.165, 1.54) is 6.08 Å². The highest BCUT2D eigenvalue weighted by Crippen LogP contribution is 2.14. The molecule has 0 saturated heterocycles. The molecule has 1 N–H and O–H groups in total. The number of likely N-dealkylation sites (N-methyl/N-ethyl adjacent to an activating group) is 2. The summed E-state index contributed by atoms with van der Waals surface area (Å²) < 4.78 is 0. The number of aliphatic carboxylic acids is 1. The van der Waals surface area contributed by atoms with Crippen molar-refractivity contribution in [3.63, 3.8) is 0 Å². The van der Waals surface area contributed by atoms with Gasteiger partial charge in [0.15, 0.2) is 0 Å². The molecule has 0 saturated carbocycles. The van der Waals surface area contributed by atoms with Crippen LogP contribution in [0.3, 0.4) is 0 Å². The molecule has 0 aromatic heterocycles. The molecule has 114 valence electrons. The van der Waals surface area contributed by atoms with Crippen LogP contribution in [0, 0.1) is 6.92 Å². The average molecular weight is 290 g/mol. The van der Waals surface area contributed by atoms with E-state index in [0.29, 0.717) is 12.1 Å². The van der Waals surface area contributed by atoms with Gasteiger partial charge in [-0.3, -0.25) is 4.79 Å². The minimum atomic E-state index is -0.988. The fourth-order valence-electron chi connectivity index (χ4n) is 1.83. The minimum Gasteiger partial charge on any atom is -0.478 e. The lowest BCUT2D eigenvalue weighted by Gasteiger charge is -2.20. The zero-order valence-corrected chi connectivity index (χ0v) is 13.0. The van der Waals surface area contributed by atoms with E-state index in [1.807, 2.05) is 25.9 Å². The summed E-state index contributed by atoms with van der Waals surface area (Å²) in [5.74, 6) is -1.02. The van der Waals surface area contributed by atoms with Crippen LogP contribution in [0.5, 0.6) is 0 Å². The molecule has 0 aliphatic heterocycles. The maximum atomic E-state index is 12.3. The summed E-state index contributed by atoms with van der Waals surface area (Å²) in [6.07, 6.45) is 2.62. The zero-order valence-electron chi connectivity index (χ0n) is 13.0. The molecule has 0 aliphatic carbocycles. The van der Waals surface area contributed by atoms with Crippen molar-refractivity contribution in [2.45, 2.75) is 6.92 Å². The quantitative estimate of drug-likeness (QED) is 0.811. The Morgan fingerprint density at radius 1 is 1.19 bits per heavy atom. The molecule has 1 amide bonds. The van der Waals surface area contributed by atoms with Gasteiger partial charge in [-0.25, -0.2) is 4.79 Å². The fourth-order valence-corrected chi connectivity index (χ4v) is 1.83. The van der Waals surface area contributed by atoms with Crippen LogP contribution in [-0.4, -0.2) is 61.0 Å². The van der Waals surface area contributed by atoms with Crippen LogP contribution in [0.1, 0.15) is 21.5 Å². The smallest absolute Gasteiger partial charge is 0.328 e. The first-order valence-corrected chi connectivity index (χ1v) is 6.73. The highest BCUT2D eigenvalue weighted by Gasteiger charge is 2.12. The normalized spacial score (nSPS) is 11.1. The highest BCUT2D eigenvalue weighted by molar-refractivity contribution is 5.94. The second kappa shape index (κ2) is 7.59. The van der Waals surface area contributed by atoms with Crippen molar-refractivity contribution in [3.05, 3.63) is 41.0 Å². The molecule has 21 heavy (non-hydrogen) atoms. The summed E-state index contributed by atoms with van der Waals surface area (Å²) in [7, 11) is 5.71. The van der Waals surface area contributed by atoms with E-state index in [4.69, 9.17) is 5.11 Å². The van der Waals surface area contributed by atoms with Gasteiger partial charge in [0, 0.05) is 31.8 Å². The summed E-state index contributed by atoms with van der Waals surface area (Å²) in [6.45, 7) is 3.32.